The second-order valence-electron chi connectivity index (χ2n) is 7.46. The van der Waals surface area contributed by atoms with Crippen LogP contribution in [0.3, 0.4) is 0 Å². The van der Waals surface area contributed by atoms with Gasteiger partial charge in [0.1, 0.15) is 29.8 Å². The number of aromatic amines is 1. The zero-order chi connectivity index (χ0) is 18.8. The van der Waals surface area contributed by atoms with Gasteiger partial charge in [0.2, 0.25) is 0 Å². The summed E-state index contributed by atoms with van der Waals surface area (Å²) >= 11 is 1.71. The molecule has 0 saturated carbocycles. The maximum absolute atomic E-state index is 12.7. The molecule has 1 aliphatic carbocycles. The molecule has 2 heterocycles. The standard InChI is InChI=1S/C21H25N3O2S/c1-13-8-9-16-17(12-13)27-21-18(16)20(25)23-19(24-21)14(2)22-10-11-26-15-6-4-3-5-7-15/h3-7,13-14,22H,8-12H2,1-2H3,(H,23,24,25)/p+1/t13-,14-/m0/s1. The van der Waals surface area contributed by atoms with E-state index in [1.54, 1.807) is 11.3 Å². The molecule has 5 nitrogen and oxygen atoms in total. The fraction of sp³-hybridized carbons (Fsp3) is 0.429. The summed E-state index contributed by atoms with van der Waals surface area (Å²) in [5.41, 5.74) is 1.25. The number of H-pyrrole nitrogens is 1. The van der Waals surface area contributed by atoms with E-state index < -0.39 is 0 Å². The first-order chi connectivity index (χ1) is 13.1. The van der Waals surface area contributed by atoms with Gasteiger partial charge in [0.15, 0.2) is 5.82 Å². The van der Waals surface area contributed by atoms with Crippen LogP contribution in [-0.2, 0) is 12.8 Å². The highest BCUT2D eigenvalue weighted by atomic mass is 32.1. The Hall–Kier alpha value is -2.18. The molecule has 142 valence electrons. The van der Waals surface area contributed by atoms with E-state index in [1.807, 2.05) is 30.3 Å². The minimum atomic E-state index is 0.0165. The van der Waals surface area contributed by atoms with Gasteiger partial charge in [0.05, 0.1) is 5.39 Å². The zero-order valence-corrected chi connectivity index (χ0v) is 16.6. The second-order valence-corrected chi connectivity index (χ2v) is 8.54. The van der Waals surface area contributed by atoms with Crippen molar-refractivity contribution in [2.75, 3.05) is 13.2 Å². The molecular weight excluding hydrogens is 358 g/mol. The van der Waals surface area contributed by atoms with Crippen molar-refractivity contribution in [3.05, 3.63) is 57.0 Å². The van der Waals surface area contributed by atoms with E-state index >= 15 is 0 Å². The fourth-order valence-electron chi connectivity index (χ4n) is 3.70. The number of hydrogen-bond acceptors (Lipinski definition) is 4. The van der Waals surface area contributed by atoms with Crippen LogP contribution in [0.2, 0.25) is 0 Å². The van der Waals surface area contributed by atoms with Crippen LogP contribution in [0.4, 0.5) is 0 Å². The maximum Gasteiger partial charge on any atom is 0.260 e. The summed E-state index contributed by atoms with van der Waals surface area (Å²) in [4.78, 5) is 22.8. The van der Waals surface area contributed by atoms with E-state index in [0.717, 1.165) is 47.6 Å². The average molecular weight is 385 g/mol. The molecule has 0 amide bonds. The highest BCUT2D eigenvalue weighted by molar-refractivity contribution is 7.18. The van der Waals surface area contributed by atoms with E-state index in [1.165, 1.54) is 10.4 Å². The molecule has 0 aliphatic heterocycles. The molecule has 0 bridgehead atoms. The van der Waals surface area contributed by atoms with Crippen molar-refractivity contribution < 1.29 is 10.1 Å². The van der Waals surface area contributed by atoms with Gasteiger partial charge in [-0.15, -0.1) is 11.3 Å². The Morgan fingerprint density at radius 1 is 1.37 bits per heavy atom. The summed E-state index contributed by atoms with van der Waals surface area (Å²) in [7, 11) is 0. The van der Waals surface area contributed by atoms with Gasteiger partial charge < -0.3 is 15.0 Å². The molecule has 27 heavy (non-hydrogen) atoms. The third-order valence-electron chi connectivity index (χ3n) is 5.27. The van der Waals surface area contributed by atoms with Crippen LogP contribution in [-0.4, -0.2) is 23.1 Å². The van der Waals surface area contributed by atoms with Crippen LogP contribution < -0.4 is 15.6 Å². The molecular formula is C21H26N3O2S+. The second kappa shape index (κ2) is 7.82. The number of nitrogens with zero attached hydrogens (tertiary/aromatic N) is 1. The van der Waals surface area contributed by atoms with Crippen LogP contribution in [0.5, 0.6) is 5.75 Å². The predicted octanol–water partition coefficient (Wildman–Crippen LogP) is 2.81. The van der Waals surface area contributed by atoms with E-state index in [-0.39, 0.29) is 11.6 Å². The number of hydrogen-bond donors (Lipinski definition) is 2. The van der Waals surface area contributed by atoms with Crippen LogP contribution in [0.15, 0.2) is 35.1 Å². The number of aromatic nitrogens is 2. The van der Waals surface area contributed by atoms with Crippen molar-refractivity contribution >= 4 is 21.6 Å². The zero-order valence-electron chi connectivity index (χ0n) is 15.8. The topological polar surface area (TPSA) is 71.6 Å². The Labute approximate surface area is 162 Å². The summed E-state index contributed by atoms with van der Waals surface area (Å²) in [6.45, 7) is 5.77. The molecule has 1 aromatic carbocycles. The van der Waals surface area contributed by atoms with Gasteiger partial charge in [-0.3, -0.25) is 4.79 Å². The lowest BCUT2D eigenvalue weighted by Gasteiger charge is -2.17. The van der Waals surface area contributed by atoms with E-state index in [4.69, 9.17) is 9.72 Å². The van der Waals surface area contributed by atoms with Crippen molar-refractivity contribution in [3.63, 3.8) is 0 Å². The largest absolute Gasteiger partial charge is 0.488 e. The van der Waals surface area contributed by atoms with E-state index in [9.17, 15) is 4.79 Å². The average Bonchev–Trinajstić information content (AvgIpc) is 3.03. The van der Waals surface area contributed by atoms with Gasteiger partial charge in [-0.2, -0.15) is 0 Å². The Bertz CT molecular complexity index is 980. The van der Waals surface area contributed by atoms with Crippen molar-refractivity contribution in [2.45, 2.75) is 39.2 Å². The quantitative estimate of drug-likeness (QED) is 0.642. The Morgan fingerprint density at radius 3 is 3.00 bits per heavy atom. The minimum absolute atomic E-state index is 0.0165. The number of nitrogens with two attached hydrogens (primary N) is 1. The number of aryl methyl sites for hydroxylation is 1. The van der Waals surface area contributed by atoms with Crippen LogP contribution in [0, 0.1) is 5.92 Å². The summed E-state index contributed by atoms with van der Waals surface area (Å²) in [6, 6.07) is 9.90. The fourth-order valence-corrected chi connectivity index (χ4v) is 5.09. The first-order valence-electron chi connectivity index (χ1n) is 9.67. The number of quaternary nitrogens is 1. The van der Waals surface area contributed by atoms with Crippen LogP contribution >= 0.6 is 11.3 Å². The Balaban J connectivity index is 1.44. The number of fused-ring (bicyclic) bond motifs is 3. The molecule has 6 heteroatoms. The molecule has 0 saturated heterocycles. The highest BCUT2D eigenvalue weighted by Crippen LogP contribution is 2.35. The molecule has 3 aromatic rings. The lowest BCUT2D eigenvalue weighted by Crippen LogP contribution is -2.86. The molecule has 2 atom stereocenters. The molecule has 0 radical (unpaired) electrons. The molecule has 4 rings (SSSR count). The van der Waals surface area contributed by atoms with Crippen molar-refractivity contribution in [3.8, 4) is 5.75 Å². The summed E-state index contributed by atoms with van der Waals surface area (Å²) in [6.07, 6.45) is 3.23. The number of thiophene rings is 1. The third-order valence-corrected chi connectivity index (χ3v) is 6.41. The van der Waals surface area contributed by atoms with Gasteiger partial charge >= 0.3 is 0 Å². The smallest absolute Gasteiger partial charge is 0.260 e. The first kappa shape index (κ1) is 18.2. The SMILES string of the molecule is C[C@H]1CCc2c(sc3nc([C@H](C)[NH2+]CCOc4ccccc4)[nH]c(=O)c23)C1. The van der Waals surface area contributed by atoms with Crippen LogP contribution in [0.1, 0.15) is 42.6 Å². The molecule has 1 aliphatic rings. The van der Waals surface area contributed by atoms with Gasteiger partial charge in [0.25, 0.3) is 5.56 Å². The number of rotatable bonds is 6. The molecule has 2 aromatic heterocycles. The predicted molar refractivity (Wildman–Crippen MR) is 109 cm³/mol. The summed E-state index contributed by atoms with van der Waals surface area (Å²) in [5, 5.41) is 2.98. The number of nitrogens with one attached hydrogen (secondary N) is 1. The van der Waals surface area contributed by atoms with E-state index in [2.05, 4.69) is 24.1 Å². The van der Waals surface area contributed by atoms with E-state index in [0.29, 0.717) is 12.5 Å². The van der Waals surface area contributed by atoms with Gasteiger partial charge in [-0.1, -0.05) is 25.1 Å². The molecule has 0 spiro atoms. The van der Waals surface area contributed by atoms with Crippen LogP contribution in [0.25, 0.3) is 10.2 Å². The normalized spacial score (nSPS) is 17.6. The maximum atomic E-state index is 12.7. The van der Waals surface area contributed by atoms with Crippen molar-refractivity contribution in [1.29, 1.82) is 0 Å². The highest BCUT2D eigenvalue weighted by Gasteiger charge is 2.24. The number of benzene rings is 1. The molecule has 0 fully saturated rings. The first-order valence-corrected chi connectivity index (χ1v) is 10.5. The van der Waals surface area contributed by atoms with Crippen molar-refractivity contribution in [1.82, 2.24) is 9.97 Å². The van der Waals surface area contributed by atoms with Gasteiger partial charge in [-0.05, 0) is 49.8 Å². The lowest BCUT2D eigenvalue weighted by molar-refractivity contribution is -0.694. The number of ether oxygens (including phenoxy) is 1. The third kappa shape index (κ3) is 3.92. The van der Waals surface area contributed by atoms with Gasteiger partial charge in [-0.25, -0.2) is 4.98 Å². The summed E-state index contributed by atoms with van der Waals surface area (Å²) < 4.78 is 5.73. The molecule has 0 unspecified atom stereocenters. The van der Waals surface area contributed by atoms with Gasteiger partial charge in [0, 0.05) is 4.88 Å². The molecule has 3 N–H and O–H groups in total. The minimum Gasteiger partial charge on any atom is -0.488 e. The monoisotopic (exact) mass is 384 g/mol. The lowest BCUT2D eigenvalue weighted by atomic mass is 9.89. The van der Waals surface area contributed by atoms with Crippen molar-refractivity contribution in [2.24, 2.45) is 5.92 Å². The summed E-state index contributed by atoms with van der Waals surface area (Å²) in [5.74, 6) is 2.32. The Morgan fingerprint density at radius 2 is 2.19 bits per heavy atom. The Kier molecular flexibility index (Phi) is 5.27. The number of para-hydroxylation sites is 1.